The van der Waals surface area contributed by atoms with Crippen LogP contribution in [0.25, 0.3) is 87.4 Å². The predicted octanol–water partition coefficient (Wildman–Crippen LogP) is 16.7. The largest absolute Gasteiger partial charge is 0.208 e. The first-order valence-electron chi connectivity index (χ1n) is 25.5. The lowest BCUT2D eigenvalue weighted by molar-refractivity contribution is -0.00530. The Kier molecular flexibility index (Phi) is 8.61. The topological polar surface area (TPSA) is 38.7 Å². The summed E-state index contributed by atoms with van der Waals surface area (Å²) < 4.78 is 2.55. The summed E-state index contributed by atoms with van der Waals surface area (Å²) in [6.45, 7) is 0. The summed E-state index contributed by atoms with van der Waals surface area (Å²) in [6, 6.07) is 57.1. The van der Waals surface area contributed by atoms with Crippen molar-refractivity contribution in [3.63, 3.8) is 0 Å². The Balaban J connectivity index is 0.877. The third-order valence-electron chi connectivity index (χ3n) is 18.2. The molecule has 4 heteroatoms. The number of aromatic nitrogens is 3. The molecular formula is C63H55N3S. The number of hydrogen-bond donors (Lipinski definition) is 0. The molecule has 0 atom stereocenters. The average Bonchev–Trinajstić information content (AvgIpc) is 3.74. The van der Waals surface area contributed by atoms with E-state index in [0.29, 0.717) is 16.7 Å². The number of hydrogen-bond acceptors (Lipinski definition) is 4. The van der Waals surface area contributed by atoms with Crippen molar-refractivity contribution in [1.29, 1.82) is 0 Å². The standard InChI is InChI=1S/C63H55N3S/c1-2-7-47-28-49(13-12-44(47)6-1)48-8-5-9-50(29-48)60-64-59(46-16-20-53(21-17-46)63-35-41-25-42(36-63)27-43(26-41)37-63)65-61(66-60)55-30-51(31-57-58(55)54-10-3-4-11-56(54)67-57)45-14-18-52(19-15-45)62-32-38-22-39(33-62)24-40(23-38)34-62/h1-21,28-31,38-43H,22-27,32-37H2. The van der Waals surface area contributed by atoms with Crippen LogP contribution in [0.2, 0.25) is 0 Å². The summed E-state index contributed by atoms with van der Waals surface area (Å²) in [5.74, 6) is 7.67. The molecule has 0 N–H and O–H groups in total. The number of thiophene rings is 1. The number of rotatable bonds is 7. The van der Waals surface area contributed by atoms with Crippen molar-refractivity contribution < 1.29 is 0 Å². The van der Waals surface area contributed by atoms with E-state index in [9.17, 15) is 0 Å². The highest BCUT2D eigenvalue weighted by atomic mass is 32.1. The Labute approximate surface area is 397 Å². The minimum atomic E-state index is 0.339. The van der Waals surface area contributed by atoms with E-state index in [4.69, 9.17) is 15.0 Å². The van der Waals surface area contributed by atoms with Gasteiger partial charge in [0.2, 0.25) is 0 Å². The van der Waals surface area contributed by atoms with Gasteiger partial charge in [-0.05, 0) is 198 Å². The van der Waals surface area contributed by atoms with Crippen molar-refractivity contribution in [2.24, 2.45) is 35.5 Å². The minimum absolute atomic E-state index is 0.339. The first-order chi connectivity index (χ1) is 32.9. The zero-order valence-electron chi connectivity index (χ0n) is 38.1. The molecule has 17 rings (SSSR count). The van der Waals surface area contributed by atoms with E-state index in [-0.39, 0.29) is 0 Å². The van der Waals surface area contributed by atoms with E-state index in [0.717, 1.165) is 69.4 Å². The molecule has 2 aromatic heterocycles. The number of benzene rings is 7. The van der Waals surface area contributed by atoms with Crippen molar-refractivity contribution in [1.82, 2.24) is 15.0 Å². The summed E-state index contributed by atoms with van der Waals surface area (Å²) in [4.78, 5) is 16.4. The quantitative estimate of drug-likeness (QED) is 0.160. The molecule has 0 radical (unpaired) electrons. The number of fused-ring (bicyclic) bond motifs is 4. The van der Waals surface area contributed by atoms with Gasteiger partial charge in [-0.25, -0.2) is 15.0 Å². The molecule has 0 amide bonds. The maximum Gasteiger partial charge on any atom is 0.164 e. The lowest BCUT2D eigenvalue weighted by Crippen LogP contribution is -2.48. The monoisotopic (exact) mass is 885 g/mol. The molecule has 2 heterocycles. The molecule has 7 aromatic carbocycles. The highest BCUT2D eigenvalue weighted by molar-refractivity contribution is 7.26. The summed E-state index contributed by atoms with van der Waals surface area (Å²) in [5.41, 5.74) is 11.7. The highest BCUT2D eigenvalue weighted by Gasteiger charge is 2.52. The molecule has 0 spiro atoms. The van der Waals surface area contributed by atoms with Gasteiger partial charge in [-0.15, -0.1) is 11.3 Å². The highest BCUT2D eigenvalue weighted by Crippen LogP contribution is 2.62. The second kappa shape index (κ2) is 14.8. The second-order valence-corrected chi connectivity index (χ2v) is 23.6. The zero-order chi connectivity index (χ0) is 43.8. The molecule has 8 aliphatic rings. The van der Waals surface area contributed by atoms with Crippen LogP contribution in [0, 0.1) is 35.5 Å². The third kappa shape index (κ3) is 6.45. The van der Waals surface area contributed by atoms with Crippen molar-refractivity contribution in [2.75, 3.05) is 0 Å². The van der Waals surface area contributed by atoms with Crippen LogP contribution in [-0.2, 0) is 10.8 Å². The van der Waals surface area contributed by atoms with Gasteiger partial charge in [0.05, 0.1) is 0 Å². The molecule has 67 heavy (non-hydrogen) atoms. The van der Waals surface area contributed by atoms with E-state index in [1.807, 2.05) is 11.3 Å². The SMILES string of the molecule is c1cc(-c2ccc3ccccc3c2)cc(-c2nc(-c3ccc(C45CC6CC(CC(C6)C4)C5)cc3)nc(-c3cc(-c4ccc(C56CC7CC(CC(C7)C5)C6)cc4)cc4sc5ccccc5c34)n2)c1. The maximum atomic E-state index is 5.51. The summed E-state index contributed by atoms with van der Waals surface area (Å²) in [6.07, 6.45) is 17.0. The number of nitrogens with zero attached hydrogens (tertiary/aromatic N) is 3. The maximum absolute atomic E-state index is 5.51. The van der Waals surface area contributed by atoms with E-state index >= 15 is 0 Å². The van der Waals surface area contributed by atoms with Crippen LogP contribution >= 0.6 is 11.3 Å². The predicted molar refractivity (Wildman–Crippen MR) is 277 cm³/mol. The molecule has 9 aromatic rings. The van der Waals surface area contributed by atoms with Crippen LogP contribution in [-0.4, -0.2) is 15.0 Å². The fraction of sp³-hybridized carbons (Fsp3) is 0.317. The van der Waals surface area contributed by atoms with Crippen LogP contribution in [0.1, 0.15) is 88.2 Å². The van der Waals surface area contributed by atoms with Gasteiger partial charge in [0.15, 0.2) is 17.5 Å². The molecule has 8 aliphatic carbocycles. The van der Waals surface area contributed by atoms with Gasteiger partial charge in [-0.1, -0.05) is 121 Å². The Morgan fingerprint density at radius 3 is 1.51 bits per heavy atom. The molecular weight excluding hydrogens is 831 g/mol. The average molecular weight is 886 g/mol. The normalized spacial score (nSPS) is 28.0. The fourth-order valence-corrected chi connectivity index (χ4v) is 17.2. The van der Waals surface area contributed by atoms with Gasteiger partial charge in [0, 0.05) is 36.9 Å². The molecule has 8 bridgehead atoms. The van der Waals surface area contributed by atoms with Crippen molar-refractivity contribution >= 4 is 42.3 Å². The molecule has 8 saturated carbocycles. The summed E-state index contributed by atoms with van der Waals surface area (Å²) in [7, 11) is 0. The van der Waals surface area contributed by atoms with E-state index in [2.05, 4.69) is 152 Å². The van der Waals surface area contributed by atoms with Crippen molar-refractivity contribution in [3.05, 3.63) is 163 Å². The first kappa shape index (κ1) is 39.1. The molecule has 328 valence electrons. The van der Waals surface area contributed by atoms with Gasteiger partial charge < -0.3 is 0 Å². The smallest absolute Gasteiger partial charge is 0.164 e. The second-order valence-electron chi connectivity index (χ2n) is 22.5. The Morgan fingerprint density at radius 2 is 0.866 bits per heavy atom. The van der Waals surface area contributed by atoms with Gasteiger partial charge in [-0.2, -0.15) is 0 Å². The first-order valence-corrected chi connectivity index (χ1v) is 26.3. The van der Waals surface area contributed by atoms with Gasteiger partial charge >= 0.3 is 0 Å². The summed E-state index contributed by atoms with van der Waals surface area (Å²) >= 11 is 1.88. The molecule has 0 unspecified atom stereocenters. The van der Waals surface area contributed by atoms with E-state index < -0.39 is 0 Å². The van der Waals surface area contributed by atoms with Crippen LogP contribution in [0.3, 0.4) is 0 Å². The third-order valence-corrected chi connectivity index (χ3v) is 19.3. The minimum Gasteiger partial charge on any atom is -0.208 e. The Hall–Kier alpha value is -5.97. The van der Waals surface area contributed by atoms with Crippen molar-refractivity contribution in [2.45, 2.75) is 87.9 Å². The Morgan fingerprint density at radius 1 is 0.358 bits per heavy atom. The molecule has 0 aliphatic heterocycles. The molecule has 8 fully saturated rings. The van der Waals surface area contributed by atoms with Crippen LogP contribution in [0.5, 0.6) is 0 Å². The van der Waals surface area contributed by atoms with E-state index in [1.165, 1.54) is 130 Å². The van der Waals surface area contributed by atoms with Gasteiger partial charge in [0.25, 0.3) is 0 Å². The molecule has 0 saturated heterocycles. The molecule has 3 nitrogen and oxygen atoms in total. The van der Waals surface area contributed by atoms with Gasteiger partial charge in [0.1, 0.15) is 0 Å². The van der Waals surface area contributed by atoms with E-state index in [1.54, 1.807) is 5.56 Å². The van der Waals surface area contributed by atoms with Gasteiger partial charge in [-0.3, -0.25) is 0 Å². The summed E-state index contributed by atoms with van der Waals surface area (Å²) in [5, 5.41) is 4.96. The fourth-order valence-electron chi connectivity index (χ4n) is 16.1. The zero-order valence-corrected chi connectivity index (χ0v) is 38.9. The lowest BCUT2D eigenvalue weighted by atomic mass is 9.48. The van der Waals surface area contributed by atoms with Crippen LogP contribution < -0.4 is 0 Å². The van der Waals surface area contributed by atoms with Crippen LogP contribution in [0.4, 0.5) is 0 Å². The lowest BCUT2D eigenvalue weighted by Gasteiger charge is -2.57. The van der Waals surface area contributed by atoms with Crippen molar-refractivity contribution in [3.8, 4) is 56.4 Å². The van der Waals surface area contributed by atoms with Crippen LogP contribution in [0.15, 0.2) is 152 Å². The Bertz CT molecular complexity index is 3360.